The predicted molar refractivity (Wildman–Crippen MR) is 76.8 cm³/mol. The predicted octanol–water partition coefficient (Wildman–Crippen LogP) is 1.61. The van der Waals surface area contributed by atoms with Gasteiger partial charge in [-0.2, -0.15) is 0 Å². The maximum absolute atomic E-state index is 12.0. The van der Waals surface area contributed by atoms with Crippen LogP contribution in [-0.4, -0.2) is 30.2 Å². The normalized spacial score (nSPS) is 15.6. The van der Waals surface area contributed by atoms with Gasteiger partial charge in [0.1, 0.15) is 6.10 Å². The van der Waals surface area contributed by atoms with Gasteiger partial charge in [0.15, 0.2) is 0 Å². The molecule has 1 aromatic rings. The Morgan fingerprint density at radius 2 is 1.95 bits per heavy atom. The summed E-state index contributed by atoms with van der Waals surface area (Å²) in [6.07, 6.45) is 0.672. The summed E-state index contributed by atoms with van der Waals surface area (Å²) in [5, 5.41) is 15.9. The number of hydrogen-bond donors (Lipinski definition) is 3. The fraction of sp³-hybridized carbons (Fsp3) is 0.533. The van der Waals surface area contributed by atoms with Crippen LogP contribution in [-0.2, 0) is 4.79 Å². The van der Waals surface area contributed by atoms with E-state index in [-0.39, 0.29) is 18.0 Å². The summed E-state index contributed by atoms with van der Waals surface area (Å²) in [4.78, 5) is 12.0. The second-order valence-corrected chi connectivity index (χ2v) is 4.77. The van der Waals surface area contributed by atoms with E-state index >= 15 is 0 Å². The van der Waals surface area contributed by atoms with Crippen LogP contribution in [0, 0.1) is 0 Å². The second kappa shape index (κ2) is 7.92. The molecule has 3 atom stereocenters. The highest BCUT2D eigenvalue weighted by Crippen LogP contribution is 2.12. The van der Waals surface area contributed by atoms with E-state index in [4.69, 9.17) is 0 Å². The van der Waals surface area contributed by atoms with E-state index < -0.39 is 6.10 Å². The Kier molecular flexibility index (Phi) is 6.53. The lowest BCUT2D eigenvalue weighted by molar-refractivity contribution is -0.131. The molecule has 0 bridgehead atoms. The van der Waals surface area contributed by atoms with E-state index in [1.54, 1.807) is 7.05 Å². The average molecular weight is 264 g/mol. The molecule has 0 aliphatic carbocycles. The molecule has 0 radical (unpaired) electrons. The molecule has 4 heteroatoms. The van der Waals surface area contributed by atoms with Crippen LogP contribution >= 0.6 is 0 Å². The van der Waals surface area contributed by atoms with E-state index in [0.717, 1.165) is 18.4 Å². The monoisotopic (exact) mass is 264 g/mol. The van der Waals surface area contributed by atoms with Crippen LogP contribution in [0.5, 0.6) is 0 Å². The van der Waals surface area contributed by atoms with Crippen LogP contribution < -0.4 is 10.6 Å². The fourth-order valence-electron chi connectivity index (χ4n) is 2.08. The Bertz CT molecular complexity index is 381. The minimum Gasteiger partial charge on any atom is -0.382 e. The molecule has 3 unspecified atom stereocenters. The Morgan fingerprint density at radius 3 is 2.47 bits per heavy atom. The van der Waals surface area contributed by atoms with Crippen molar-refractivity contribution >= 4 is 5.91 Å². The summed E-state index contributed by atoms with van der Waals surface area (Å²) in [6, 6.07) is 9.41. The van der Waals surface area contributed by atoms with E-state index in [2.05, 4.69) is 10.6 Å². The molecule has 1 aromatic carbocycles. The number of rotatable bonds is 7. The molecule has 0 aliphatic heterocycles. The molecule has 0 aromatic heterocycles. The fourth-order valence-corrected chi connectivity index (χ4v) is 2.08. The molecule has 0 saturated carbocycles. The molecular formula is C15H24N2O2. The van der Waals surface area contributed by atoms with Crippen molar-refractivity contribution in [3.8, 4) is 0 Å². The summed E-state index contributed by atoms with van der Waals surface area (Å²) in [7, 11) is 1.76. The van der Waals surface area contributed by atoms with Crippen molar-refractivity contribution in [3.63, 3.8) is 0 Å². The third-order valence-corrected chi connectivity index (χ3v) is 3.28. The zero-order valence-corrected chi connectivity index (χ0v) is 11.9. The summed E-state index contributed by atoms with van der Waals surface area (Å²) < 4.78 is 0. The largest absolute Gasteiger partial charge is 0.382 e. The van der Waals surface area contributed by atoms with E-state index in [1.807, 2.05) is 44.2 Å². The molecule has 0 fully saturated rings. The van der Waals surface area contributed by atoms with Gasteiger partial charge in [-0.05, 0) is 26.0 Å². The maximum Gasteiger partial charge on any atom is 0.250 e. The molecule has 1 amide bonds. The Hall–Kier alpha value is -1.39. The van der Waals surface area contributed by atoms with Crippen LogP contribution in [0.3, 0.4) is 0 Å². The van der Waals surface area contributed by atoms with Gasteiger partial charge in [-0.25, -0.2) is 0 Å². The lowest BCUT2D eigenvalue weighted by Crippen LogP contribution is -2.48. The average Bonchev–Trinajstić information content (AvgIpc) is 2.44. The molecule has 19 heavy (non-hydrogen) atoms. The lowest BCUT2D eigenvalue weighted by Gasteiger charge is -2.23. The highest BCUT2D eigenvalue weighted by atomic mass is 16.3. The Morgan fingerprint density at radius 1 is 1.32 bits per heavy atom. The van der Waals surface area contributed by atoms with Crippen molar-refractivity contribution in [3.05, 3.63) is 35.9 Å². The number of aliphatic hydroxyl groups excluding tert-OH is 1. The van der Waals surface area contributed by atoms with E-state index in [9.17, 15) is 9.90 Å². The summed E-state index contributed by atoms with van der Waals surface area (Å²) >= 11 is 0. The van der Waals surface area contributed by atoms with Gasteiger partial charge in [-0.1, -0.05) is 43.7 Å². The van der Waals surface area contributed by atoms with Crippen molar-refractivity contribution in [2.24, 2.45) is 0 Å². The molecule has 4 nitrogen and oxygen atoms in total. The topological polar surface area (TPSA) is 61.4 Å². The highest BCUT2D eigenvalue weighted by molar-refractivity contribution is 5.81. The lowest BCUT2D eigenvalue weighted by atomic mass is 10.0. The molecule has 0 heterocycles. The summed E-state index contributed by atoms with van der Waals surface area (Å²) in [6.45, 7) is 3.94. The van der Waals surface area contributed by atoms with Crippen molar-refractivity contribution in [1.82, 2.24) is 10.6 Å². The number of amides is 1. The smallest absolute Gasteiger partial charge is 0.250 e. The molecule has 0 aliphatic rings. The number of nitrogens with one attached hydrogen (secondary N) is 2. The van der Waals surface area contributed by atoms with Crippen LogP contribution in [0.25, 0.3) is 0 Å². The van der Waals surface area contributed by atoms with Gasteiger partial charge < -0.3 is 15.7 Å². The molecule has 0 saturated heterocycles. The number of benzene rings is 1. The third kappa shape index (κ3) is 4.65. The molecule has 0 spiro atoms. The zero-order chi connectivity index (χ0) is 14.3. The van der Waals surface area contributed by atoms with E-state index in [1.165, 1.54) is 0 Å². The van der Waals surface area contributed by atoms with Gasteiger partial charge in [0.25, 0.3) is 5.91 Å². The van der Waals surface area contributed by atoms with Gasteiger partial charge in [0, 0.05) is 6.04 Å². The summed E-state index contributed by atoms with van der Waals surface area (Å²) in [5.41, 5.74) is 1.03. The van der Waals surface area contributed by atoms with Crippen LogP contribution in [0.15, 0.2) is 30.3 Å². The van der Waals surface area contributed by atoms with Gasteiger partial charge >= 0.3 is 0 Å². The molecule has 106 valence electrons. The zero-order valence-electron chi connectivity index (χ0n) is 11.9. The van der Waals surface area contributed by atoms with Gasteiger partial charge in [-0.3, -0.25) is 4.79 Å². The SMILES string of the molecule is CCCC(NC)C(O)C(=O)NC(C)c1ccccc1. The van der Waals surface area contributed by atoms with E-state index in [0.29, 0.717) is 0 Å². The minimum absolute atomic E-state index is 0.109. The number of likely N-dealkylation sites (N-methyl/N-ethyl adjacent to an activating group) is 1. The molecule has 3 N–H and O–H groups in total. The number of carbonyl (C=O) groups is 1. The first-order valence-corrected chi connectivity index (χ1v) is 6.80. The standard InChI is InChI=1S/C15H24N2O2/c1-4-8-13(16-3)14(18)15(19)17-11(2)12-9-6-5-7-10-12/h5-7,9-11,13-14,16,18H,4,8H2,1-3H3,(H,17,19). The maximum atomic E-state index is 12.0. The molecule has 1 rings (SSSR count). The first kappa shape index (κ1) is 15.7. The van der Waals surface area contributed by atoms with Crippen LogP contribution in [0.1, 0.15) is 38.3 Å². The Balaban J connectivity index is 2.58. The quantitative estimate of drug-likeness (QED) is 0.701. The minimum atomic E-state index is -1.02. The van der Waals surface area contributed by atoms with Crippen molar-refractivity contribution in [1.29, 1.82) is 0 Å². The van der Waals surface area contributed by atoms with Crippen LogP contribution in [0.4, 0.5) is 0 Å². The number of aliphatic hydroxyl groups is 1. The van der Waals surface area contributed by atoms with Crippen molar-refractivity contribution in [2.45, 2.75) is 44.9 Å². The second-order valence-electron chi connectivity index (χ2n) is 4.77. The first-order chi connectivity index (χ1) is 9.10. The first-order valence-electron chi connectivity index (χ1n) is 6.80. The molecular weight excluding hydrogens is 240 g/mol. The van der Waals surface area contributed by atoms with Gasteiger partial charge in [0.05, 0.1) is 6.04 Å². The van der Waals surface area contributed by atoms with Crippen LogP contribution in [0.2, 0.25) is 0 Å². The highest BCUT2D eigenvalue weighted by Gasteiger charge is 2.25. The number of hydrogen-bond acceptors (Lipinski definition) is 3. The number of carbonyl (C=O) groups excluding carboxylic acids is 1. The summed E-state index contributed by atoms with van der Waals surface area (Å²) in [5.74, 6) is -0.329. The van der Waals surface area contributed by atoms with Crippen molar-refractivity contribution in [2.75, 3.05) is 7.05 Å². The third-order valence-electron chi connectivity index (χ3n) is 3.28. The van der Waals surface area contributed by atoms with Gasteiger partial charge in [-0.15, -0.1) is 0 Å². The van der Waals surface area contributed by atoms with Gasteiger partial charge in [0.2, 0.25) is 0 Å². The van der Waals surface area contributed by atoms with Crippen molar-refractivity contribution < 1.29 is 9.90 Å². The Labute approximate surface area is 115 Å².